The highest BCUT2D eigenvalue weighted by molar-refractivity contribution is 5.85. The van der Waals surface area contributed by atoms with Gasteiger partial charge < -0.3 is 21.8 Å². The first-order valence-electron chi connectivity index (χ1n) is 10.0. The van der Waals surface area contributed by atoms with Crippen molar-refractivity contribution in [3.05, 3.63) is 60.0 Å². The van der Waals surface area contributed by atoms with Crippen molar-refractivity contribution in [3.63, 3.8) is 0 Å². The molecular weight excluding hydrogens is 351 g/mol. The van der Waals surface area contributed by atoms with Gasteiger partial charge in [-0.15, -0.1) is 0 Å². The van der Waals surface area contributed by atoms with Crippen LogP contribution in [-0.4, -0.2) is 23.6 Å². The number of benzene rings is 2. The number of hydrogen-bond acceptors (Lipinski definition) is 3. The number of aromatic nitrogens is 1. The minimum absolute atomic E-state index is 0.110. The first-order valence-corrected chi connectivity index (χ1v) is 10.0. The van der Waals surface area contributed by atoms with E-state index in [9.17, 15) is 4.39 Å². The number of H-pyrrole nitrogens is 1. The lowest BCUT2D eigenvalue weighted by Gasteiger charge is -2.18. The van der Waals surface area contributed by atoms with Crippen LogP contribution in [0.2, 0.25) is 0 Å². The fraction of sp³-hybridized carbons (Fsp3) is 0.391. The van der Waals surface area contributed by atoms with Crippen molar-refractivity contribution >= 4 is 10.9 Å². The summed E-state index contributed by atoms with van der Waals surface area (Å²) in [5.74, 6) is 0.272. The van der Waals surface area contributed by atoms with Gasteiger partial charge in [0.1, 0.15) is 5.82 Å². The van der Waals surface area contributed by atoms with Gasteiger partial charge in [-0.1, -0.05) is 38.1 Å². The number of nitrogens with two attached hydrogens (primary N) is 2. The van der Waals surface area contributed by atoms with Crippen molar-refractivity contribution in [2.24, 2.45) is 17.4 Å². The molecule has 150 valence electrons. The van der Waals surface area contributed by atoms with Crippen LogP contribution in [0.4, 0.5) is 4.39 Å². The third kappa shape index (κ3) is 5.41. The molecule has 0 spiro atoms. The molecule has 0 saturated heterocycles. The van der Waals surface area contributed by atoms with Gasteiger partial charge in [0.15, 0.2) is 0 Å². The molecule has 2 atom stereocenters. The van der Waals surface area contributed by atoms with Gasteiger partial charge in [-0.2, -0.15) is 0 Å². The predicted molar refractivity (Wildman–Crippen MR) is 115 cm³/mol. The largest absolute Gasteiger partial charge is 0.357 e. The molecule has 5 heteroatoms. The Hall–Kier alpha value is -2.21. The summed E-state index contributed by atoms with van der Waals surface area (Å²) in [5.41, 5.74) is 16.6. The fourth-order valence-corrected chi connectivity index (χ4v) is 3.34. The van der Waals surface area contributed by atoms with Crippen LogP contribution in [-0.2, 0) is 6.54 Å². The van der Waals surface area contributed by atoms with E-state index in [1.807, 2.05) is 0 Å². The third-order valence-corrected chi connectivity index (χ3v) is 5.30. The summed E-state index contributed by atoms with van der Waals surface area (Å²) in [5, 5.41) is 4.59. The molecule has 0 fully saturated rings. The minimum Gasteiger partial charge on any atom is -0.357 e. The van der Waals surface area contributed by atoms with Gasteiger partial charge in [-0.05, 0) is 59.5 Å². The standard InChI is InChI=1S/C23H31FN4/c1-15(2)22(26)10-9-20(25)13-27-14-21-11-18-4-3-17(12-23(18)28-21)16-5-7-19(24)8-6-16/h3-8,11-12,15,20,22,27-28H,9-10,13-14,25-26H2,1-2H3/t20-,22?/m0/s1. The van der Waals surface area contributed by atoms with Crippen molar-refractivity contribution < 1.29 is 4.39 Å². The number of nitrogens with one attached hydrogen (secondary N) is 2. The van der Waals surface area contributed by atoms with Crippen molar-refractivity contribution in [1.82, 2.24) is 10.3 Å². The maximum atomic E-state index is 13.1. The molecule has 3 aromatic rings. The molecule has 0 aliphatic carbocycles. The molecule has 0 amide bonds. The Balaban J connectivity index is 1.55. The van der Waals surface area contributed by atoms with Crippen LogP contribution in [0.3, 0.4) is 0 Å². The minimum atomic E-state index is -0.220. The number of fused-ring (bicyclic) bond motifs is 1. The van der Waals surface area contributed by atoms with E-state index >= 15 is 0 Å². The molecule has 4 nitrogen and oxygen atoms in total. The SMILES string of the molecule is CC(C)C(N)CC[C@H](N)CNCc1cc2ccc(-c3ccc(F)cc3)cc2[nH]1. The number of halogens is 1. The average Bonchev–Trinajstić information content (AvgIpc) is 3.08. The van der Waals surface area contributed by atoms with Gasteiger partial charge >= 0.3 is 0 Å². The quantitative estimate of drug-likeness (QED) is 0.449. The van der Waals surface area contributed by atoms with Gasteiger partial charge in [0.25, 0.3) is 0 Å². The van der Waals surface area contributed by atoms with Crippen LogP contribution in [0.5, 0.6) is 0 Å². The first kappa shape index (κ1) is 20.5. The maximum Gasteiger partial charge on any atom is 0.123 e. The van der Waals surface area contributed by atoms with Crippen molar-refractivity contribution in [1.29, 1.82) is 0 Å². The van der Waals surface area contributed by atoms with E-state index < -0.39 is 0 Å². The zero-order valence-corrected chi connectivity index (χ0v) is 16.7. The molecular formula is C23H31FN4. The van der Waals surface area contributed by atoms with E-state index in [0.717, 1.165) is 53.7 Å². The summed E-state index contributed by atoms with van der Waals surface area (Å²) in [7, 11) is 0. The Morgan fingerprint density at radius 1 is 0.964 bits per heavy atom. The zero-order chi connectivity index (χ0) is 20.1. The normalized spacial score (nSPS) is 13.9. The Morgan fingerprint density at radius 3 is 2.39 bits per heavy atom. The van der Waals surface area contributed by atoms with E-state index in [1.165, 1.54) is 12.1 Å². The second-order valence-electron chi connectivity index (χ2n) is 7.98. The Kier molecular flexibility index (Phi) is 6.83. The molecule has 2 aromatic carbocycles. The lowest BCUT2D eigenvalue weighted by atomic mass is 9.98. The molecule has 1 heterocycles. The lowest BCUT2D eigenvalue weighted by Crippen LogP contribution is -2.36. The summed E-state index contributed by atoms with van der Waals surface area (Å²) < 4.78 is 13.1. The highest BCUT2D eigenvalue weighted by atomic mass is 19.1. The predicted octanol–water partition coefficient (Wildman–Crippen LogP) is 4.15. The number of rotatable bonds is 9. The maximum absolute atomic E-state index is 13.1. The van der Waals surface area contributed by atoms with Crippen molar-refractivity contribution in [3.8, 4) is 11.1 Å². The molecule has 0 aliphatic heterocycles. The Bertz CT molecular complexity index is 885. The molecule has 0 bridgehead atoms. The van der Waals surface area contributed by atoms with E-state index in [0.29, 0.717) is 5.92 Å². The monoisotopic (exact) mass is 382 g/mol. The lowest BCUT2D eigenvalue weighted by molar-refractivity contribution is 0.421. The second-order valence-corrected chi connectivity index (χ2v) is 7.98. The third-order valence-electron chi connectivity index (χ3n) is 5.30. The summed E-state index contributed by atoms with van der Waals surface area (Å²) in [6.45, 7) is 5.79. The summed E-state index contributed by atoms with van der Waals surface area (Å²) in [6.07, 6.45) is 1.89. The van der Waals surface area contributed by atoms with Gasteiger partial charge in [-0.25, -0.2) is 4.39 Å². The molecule has 1 aromatic heterocycles. The highest BCUT2D eigenvalue weighted by Crippen LogP contribution is 2.25. The second kappa shape index (κ2) is 9.32. The molecule has 0 aliphatic rings. The van der Waals surface area contributed by atoms with E-state index in [4.69, 9.17) is 11.5 Å². The Labute approximate surface area is 166 Å². The number of aromatic amines is 1. The first-order chi connectivity index (χ1) is 13.4. The summed E-state index contributed by atoms with van der Waals surface area (Å²) in [6, 6.07) is 15.3. The summed E-state index contributed by atoms with van der Waals surface area (Å²) >= 11 is 0. The van der Waals surface area contributed by atoms with Crippen LogP contribution in [0.25, 0.3) is 22.0 Å². The molecule has 1 unspecified atom stereocenters. The zero-order valence-electron chi connectivity index (χ0n) is 16.7. The van der Waals surface area contributed by atoms with E-state index in [-0.39, 0.29) is 17.9 Å². The highest BCUT2D eigenvalue weighted by Gasteiger charge is 2.10. The van der Waals surface area contributed by atoms with Crippen LogP contribution in [0.1, 0.15) is 32.4 Å². The summed E-state index contributed by atoms with van der Waals surface area (Å²) in [4.78, 5) is 3.46. The van der Waals surface area contributed by atoms with Crippen molar-refractivity contribution in [2.75, 3.05) is 6.54 Å². The van der Waals surface area contributed by atoms with Crippen LogP contribution >= 0.6 is 0 Å². The number of hydrogen-bond donors (Lipinski definition) is 4. The van der Waals surface area contributed by atoms with Gasteiger partial charge in [-0.3, -0.25) is 0 Å². The van der Waals surface area contributed by atoms with Crippen molar-refractivity contribution in [2.45, 2.75) is 45.3 Å². The van der Waals surface area contributed by atoms with Crippen LogP contribution in [0.15, 0.2) is 48.5 Å². The molecule has 0 radical (unpaired) electrons. The molecule has 0 saturated carbocycles. The van der Waals surface area contributed by atoms with Gasteiger partial charge in [0.05, 0.1) is 0 Å². The van der Waals surface area contributed by atoms with Gasteiger partial charge in [0, 0.05) is 36.4 Å². The molecule has 28 heavy (non-hydrogen) atoms. The van der Waals surface area contributed by atoms with Gasteiger partial charge in [0.2, 0.25) is 0 Å². The molecule has 6 N–H and O–H groups in total. The average molecular weight is 383 g/mol. The van der Waals surface area contributed by atoms with E-state index in [1.54, 1.807) is 12.1 Å². The fourth-order valence-electron chi connectivity index (χ4n) is 3.34. The van der Waals surface area contributed by atoms with Crippen LogP contribution in [0, 0.1) is 11.7 Å². The van der Waals surface area contributed by atoms with Crippen LogP contribution < -0.4 is 16.8 Å². The molecule has 3 rings (SSSR count). The smallest absolute Gasteiger partial charge is 0.123 e. The topological polar surface area (TPSA) is 79.9 Å². The Morgan fingerprint density at radius 2 is 1.68 bits per heavy atom. The van der Waals surface area contributed by atoms with E-state index in [2.05, 4.69) is 48.4 Å².